The number of amides is 1. The van der Waals surface area contributed by atoms with Gasteiger partial charge in [-0.1, -0.05) is 54.3 Å². The monoisotopic (exact) mass is 353 g/mol. The molecule has 0 unspecified atom stereocenters. The van der Waals surface area contributed by atoms with Gasteiger partial charge in [0.15, 0.2) is 10.1 Å². The van der Waals surface area contributed by atoms with Crippen molar-refractivity contribution in [3.05, 3.63) is 70.1 Å². The zero-order valence-corrected chi connectivity index (χ0v) is 14.2. The van der Waals surface area contributed by atoms with Gasteiger partial charge < -0.3 is 4.74 Å². The fraction of sp³-hybridized carbons (Fsp3) is 0.0556. The smallest absolute Gasteiger partial charge is 0.344 e. The number of carbonyl (C=O) groups excluding carboxylic acids is 2. The number of cyclic esters (lactones) is 1. The molecule has 1 saturated heterocycles. The maximum absolute atomic E-state index is 12.9. The van der Waals surface area contributed by atoms with E-state index in [0.717, 1.165) is 17.3 Å². The predicted octanol–water partition coefficient (Wildman–Crippen LogP) is 3.90. The Kier molecular flexibility index (Phi) is 3.51. The molecule has 118 valence electrons. The van der Waals surface area contributed by atoms with Gasteiger partial charge in [0.1, 0.15) is 4.91 Å². The lowest BCUT2D eigenvalue weighted by Gasteiger charge is -2.14. The minimum absolute atomic E-state index is 0.268. The van der Waals surface area contributed by atoms with Gasteiger partial charge in [-0.2, -0.15) is 0 Å². The van der Waals surface area contributed by atoms with Gasteiger partial charge in [-0.05, 0) is 30.7 Å². The SMILES string of the molecule is Cc1cccc(N2C(=O)C(=C3OC(=O)c4ccccc43)SC2=S)c1. The van der Waals surface area contributed by atoms with Crippen molar-refractivity contribution >= 4 is 51.6 Å². The highest BCUT2D eigenvalue weighted by Crippen LogP contribution is 2.42. The summed E-state index contributed by atoms with van der Waals surface area (Å²) in [5, 5.41) is 0. The first-order valence-electron chi connectivity index (χ1n) is 7.25. The first-order chi connectivity index (χ1) is 11.6. The van der Waals surface area contributed by atoms with E-state index in [4.69, 9.17) is 17.0 Å². The number of carbonyl (C=O) groups is 2. The van der Waals surface area contributed by atoms with Gasteiger partial charge in [-0.3, -0.25) is 9.69 Å². The molecule has 2 aliphatic rings. The van der Waals surface area contributed by atoms with Crippen molar-refractivity contribution in [1.29, 1.82) is 0 Å². The highest BCUT2D eigenvalue weighted by molar-refractivity contribution is 8.27. The molecule has 6 heteroatoms. The molecular formula is C18H11NO3S2. The fourth-order valence-corrected chi connectivity index (χ4v) is 4.04. The van der Waals surface area contributed by atoms with Crippen molar-refractivity contribution < 1.29 is 14.3 Å². The molecule has 1 amide bonds. The fourth-order valence-electron chi connectivity index (χ4n) is 2.72. The van der Waals surface area contributed by atoms with Gasteiger partial charge in [-0.15, -0.1) is 0 Å². The summed E-state index contributed by atoms with van der Waals surface area (Å²) in [4.78, 5) is 26.7. The van der Waals surface area contributed by atoms with Crippen LogP contribution < -0.4 is 4.90 Å². The lowest BCUT2D eigenvalue weighted by Crippen LogP contribution is -2.27. The third-order valence-electron chi connectivity index (χ3n) is 3.82. The van der Waals surface area contributed by atoms with Crippen molar-refractivity contribution in [2.75, 3.05) is 4.90 Å². The Morgan fingerprint density at radius 2 is 1.79 bits per heavy atom. The molecular weight excluding hydrogens is 342 g/mol. The molecule has 0 N–H and O–H groups in total. The second kappa shape index (κ2) is 5.58. The minimum Gasteiger partial charge on any atom is -0.421 e. The Morgan fingerprint density at radius 3 is 2.54 bits per heavy atom. The van der Waals surface area contributed by atoms with Crippen LogP contribution in [-0.4, -0.2) is 16.2 Å². The number of esters is 1. The van der Waals surface area contributed by atoms with Crippen LogP contribution in [0.4, 0.5) is 5.69 Å². The molecule has 0 aliphatic carbocycles. The summed E-state index contributed by atoms with van der Waals surface area (Å²) >= 11 is 6.53. The van der Waals surface area contributed by atoms with E-state index in [0.29, 0.717) is 31.8 Å². The van der Waals surface area contributed by atoms with Crippen molar-refractivity contribution in [1.82, 2.24) is 0 Å². The Morgan fingerprint density at radius 1 is 1.04 bits per heavy atom. The van der Waals surface area contributed by atoms with E-state index in [-0.39, 0.29) is 5.91 Å². The average molecular weight is 353 g/mol. The number of benzene rings is 2. The topological polar surface area (TPSA) is 46.6 Å². The summed E-state index contributed by atoms with van der Waals surface area (Å²) in [5.41, 5.74) is 2.85. The van der Waals surface area contributed by atoms with Gasteiger partial charge >= 0.3 is 5.97 Å². The normalized spacial score (nSPS) is 19.7. The second-order valence-electron chi connectivity index (χ2n) is 5.44. The zero-order chi connectivity index (χ0) is 16.8. The van der Waals surface area contributed by atoms with Gasteiger partial charge in [0.05, 0.1) is 11.3 Å². The van der Waals surface area contributed by atoms with Crippen LogP contribution in [0.2, 0.25) is 0 Å². The van der Waals surface area contributed by atoms with Crippen LogP contribution >= 0.6 is 24.0 Å². The minimum atomic E-state index is -0.443. The molecule has 2 heterocycles. The molecule has 0 bridgehead atoms. The van der Waals surface area contributed by atoms with Crippen molar-refractivity contribution in [3.63, 3.8) is 0 Å². The highest BCUT2D eigenvalue weighted by atomic mass is 32.2. The van der Waals surface area contributed by atoms with E-state index in [9.17, 15) is 9.59 Å². The molecule has 1 fully saturated rings. The molecule has 0 spiro atoms. The van der Waals surface area contributed by atoms with E-state index in [1.165, 1.54) is 4.90 Å². The van der Waals surface area contributed by atoms with Crippen LogP contribution in [-0.2, 0) is 9.53 Å². The molecule has 2 aliphatic heterocycles. The van der Waals surface area contributed by atoms with Crippen LogP contribution in [0.5, 0.6) is 0 Å². The van der Waals surface area contributed by atoms with E-state index in [2.05, 4.69) is 0 Å². The standard InChI is InChI=1S/C18H11NO3S2/c1-10-5-4-6-11(9-10)19-16(20)15(24-18(19)23)14-12-7-2-3-8-13(12)17(21)22-14/h2-9H,1H3. The molecule has 2 aromatic carbocycles. The summed E-state index contributed by atoms with van der Waals surface area (Å²) in [6.45, 7) is 1.95. The first kappa shape index (κ1) is 15.1. The number of ether oxygens (including phenoxy) is 1. The van der Waals surface area contributed by atoms with Gasteiger partial charge in [0, 0.05) is 5.56 Å². The summed E-state index contributed by atoms with van der Waals surface area (Å²) in [6.07, 6.45) is 0. The van der Waals surface area contributed by atoms with Crippen molar-refractivity contribution in [2.24, 2.45) is 0 Å². The molecule has 24 heavy (non-hydrogen) atoms. The molecule has 0 aromatic heterocycles. The number of thioether (sulfide) groups is 1. The van der Waals surface area contributed by atoms with Crippen molar-refractivity contribution in [3.8, 4) is 0 Å². The molecule has 0 saturated carbocycles. The Balaban J connectivity index is 1.81. The van der Waals surface area contributed by atoms with E-state index in [1.807, 2.05) is 37.3 Å². The summed E-state index contributed by atoms with van der Waals surface area (Å²) in [5.74, 6) is -0.417. The Hall–Kier alpha value is -2.44. The number of fused-ring (bicyclic) bond motifs is 1. The number of thiocarbonyl (C=S) groups is 1. The highest BCUT2D eigenvalue weighted by Gasteiger charge is 2.40. The predicted molar refractivity (Wildman–Crippen MR) is 97.6 cm³/mol. The zero-order valence-electron chi connectivity index (χ0n) is 12.6. The van der Waals surface area contributed by atoms with Gasteiger partial charge in [-0.25, -0.2) is 4.79 Å². The van der Waals surface area contributed by atoms with E-state index < -0.39 is 5.97 Å². The number of hydrogen-bond acceptors (Lipinski definition) is 5. The number of aryl methyl sites for hydroxylation is 1. The largest absolute Gasteiger partial charge is 0.421 e. The summed E-state index contributed by atoms with van der Waals surface area (Å²) < 4.78 is 5.78. The van der Waals surface area contributed by atoms with Crippen LogP contribution in [0.1, 0.15) is 21.5 Å². The lowest BCUT2D eigenvalue weighted by atomic mass is 10.1. The number of nitrogens with zero attached hydrogens (tertiary/aromatic N) is 1. The van der Waals surface area contributed by atoms with Gasteiger partial charge in [0.2, 0.25) is 0 Å². The average Bonchev–Trinajstić information content (AvgIpc) is 3.05. The quantitative estimate of drug-likeness (QED) is 0.442. The number of anilines is 1. The molecule has 4 rings (SSSR count). The third-order valence-corrected chi connectivity index (χ3v) is 5.18. The first-order valence-corrected chi connectivity index (χ1v) is 8.47. The van der Waals surface area contributed by atoms with Crippen LogP contribution in [0.25, 0.3) is 5.76 Å². The molecule has 0 radical (unpaired) electrons. The maximum Gasteiger partial charge on any atom is 0.344 e. The Bertz CT molecular complexity index is 949. The molecule has 0 atom stereocenters. The summed E-state index contributed by atoms with van der Waals surface area (Å²) in [6, 6.07) is 14.6. The van der Waals surface area contributed by atoms with Crippen LogP contribution in [0.15, 0.2) is 53.4 Å². The molecule has 4 nitrogen and oxygen atoms in total. The lowest BCUT2D eigenvalue weighted by molar-refractivity contribution is -0.113. The van der Waals surface area contributed by atoms with Crippen LogP contribution in [0, 0.1) is 6.92 Å². The van der Waals surface area contributed by atoms with Gasteiger partial charge in [0.25, 0.3) is 5.91 Å². The summed E-state index contributed by atoms with van der Waals surface area (Å²) in [7, 11) is 0. The van der Waals surface area contributed by atoms with E-state index in [1.54, 1.807) is 18.2 Å². The number of rotatable bonds is 1. The van der Waals surface area contributed by atoms with Crippen LogP contribution in [0.3, 0.4) is 0 Å². The third kappa shape index (κ3) is 2.26. The number of hydrogen-bond donors (Lipinski definition) is 0. The Labute approximate surface area is 148 Å². The second-order valence-corrected chi connectivity index (χ2v) is 7.09. The maximum atomic E-state index is 12.9. The van der Waals surface area contributed by atoms with Crippen molar-refractivity contribution in [2.45, 2.75) is 6.92 Å². The molecule has 2 aromatic rings. The van der Waals surface area contributed by atoms with E-state index >= 15 is 0 Å².